The van der Waals surface area contributed by atoms with Crippen molar-refractivity contribution in [3.05, 3.63) is 0 Å². The topological polar surface area (TPSA) is 130 Å². The van der Waals surface area contributed by atoms with Crippen molar-refractivity contribution < 1.29 is 24.0 Å². The number of carbonyl (C=O) groups excluding carboxylic acids is 5. The van der Waals surface area contributed by atoms with Gasteiger partial charge >= 0.3 is 0 Å². The van der Waals surface area contributed by atoms with Crippen LogP contribution in [0.15, 0.2) is 0 Å². The second kappa shape index (κ2) is 14.2. The number of primary amides is 1. The summed E-state index contributed by atoms with van der Waals surface area (Å²) in [6.07, 6.45) is 13.8. The Balaban J connectivity index is 1.24. The van der Waals surface area contributed by atoms with Gasteiger partial charge in [-0.1, -0.05) is 79.6 Å². The zero-order valence-corrected chi connectivity index (χ0v) is 33.7. The van der Waals surface area contributed by atoms with Gasteiger partial charge in [0.25, 0.3) is 5.91 Å². The molecule has 0 aromatic heterocycles. The first-order chi connectivity index (χ1) is 24.3. The second-order valence-electron chi connectivity index (χ2n) is 20.8. The van der Waals surface area contributed by atoms with Gasteiger partial charge in [-0.2, -0.15) is 0 Å². The van der Waals surface area contributed by atoms with E-state index in [1.165, 1.54) is 12.8 Å². The molecule has 2 saturated heterocycles. The number of nitrogens with zero attached hydrogens (tertiary/aromatic N) is 2. The summed E-state index contributed by atoms with van der Waals surface area (Å²) in [5, 5.41) is 3.54. The molecule has 2 heterocycles. The molecule has 6 rings (SSSR count). The van der Waals surface area contributed by atoms with Crippen molar-refractivity contribution in [2.45, 2.75) is 163 Å². The highest BCUT2D eigenvalue weighted by Crippen LogP contribution is 2.88. The molecule has 292 valence electrons. The molecule has 9 nitrogen and oxygen atoms in total. The Morgan fingerprint density at radius 2 is 1.54 bits per heavy atom. The molecule has 2 amide bonds. The Bertz CT molecular complexity index is 1410. The average Bonchev–Trinajstić information content (AvgIpc) is 3.24. The maximum absolute atomic E-state index is 15.1. The number of piperazine rings is 1. The molecular weight excluding hydrogens is 652 g/mol. The molecule has 4 aliphatic carbocycles. The van der Waals surface area contributed by atoms with E-state index in [1.807, 2.05) is 4.90 Å². The van der Waals surface area contributed by atoms with Gasteiger partial charge in [0.05, 0.1) is 6.04 Å². The Morgan fingerprint density at radius 3 is 2.06 bits per heavy atom. The third-order valence-electron chi connectivity index (χ3n) is 16.1. The van der Waals surface area contributed by atoms with Crippen LogP contribution in [0.5, 0.6) is 0 Å². The second-order valence-corrected chi connectivity index (χ2v) is 20.8. The van der Waals surface area contributed by atoms with Crippen LogP contribution in [0.3, 0.4) is 0 Å². The summed E-state index contributed by atoms with van der Waals surface area (Å²) in [4.78, 5) is 73.6. The number of nitrogens with one attached hydrogen (secondary N) is 1. The van der Waals surface area contributed by atoms with Gasteiger partial charge in [-0.15, -0.1) is 0 Å². The molecule has 0 aromatic rings. The Hall–Kier alpha value is -2.13. The van der Waals surface area contributed by atoms with Crippen molar-refractivity contribution in [2.24, 2.45) is 50.6 Å². The van der Waals surface area contributed by atoms with Crippen LogP contribution >= 0.6 is 0 Å². The average molecular weight is 723 g/mol. The number of carbonyl (C=O) groups is 5. The quantitative estimate of drug-likeness (QED) is 0.203. The van der Waals surface area contributed by atoms with Gasteiger partial charge in [0.2, 0.25) is 11.7 Å². The Morgan fingerprint density at radius 1 is 0.865 bits per heavy atom. The van der Waals surface area contributed by atoms with Gasteiger partial charge in [-0.25, -0.2) is 0 Å². The highest BCUT2D eigenvalue weighted by molar-refractivity contribution is 6.36. The fraction of sp³-hybridized carbons (Fsp3) is 0.884. The summed E-state index contributed by atoms with van der Waals surface area (Å²) in [5.41, 5.74) is 4.93. The molecule has 0 aromatic carbocycles. The van der Waals surface area contributed by atoms with Gasteiger partial charge in [0.1, 0.15) is 5.78 Å². The van der Waals surface area contributed by atoms with E-state index in [9.17, 15) is 19.2 Å². The Labute approximate surface area is 313 Å². The first-order valence-corrected chi connectivity index (χ1v) is 20.9. The fourth-order valence-corrected chi connectivity index (χ4v) is 12.2. The minimum Gasteiger partial charge on any atom is -0.363 e. The van der Waals surface area contributed by atoms with E-state index >= 15 is 4.79 Å². The van der Waals surface area contributed by atoms with Crippen LogP contribution in [-0.2, 0) is 24.0 Å². The van der Waals surface area contributed by atoms with Crippen LogP contribution < -0.4 is 11.1 Å². The van der Waals surface area contributed by atoms with Gasteiger partial charge in [-0.3, -0.25) is 28.9 Å². The van der Waals surface area contributed by atoms with E-state index in [0.717, 1.165) is 84.0 Å². The predicted molar refractivity (Wildman–Crippen MR) is 203 cm³/mol. The van der Waals surface area contributed by atoms with Gasteiger partial charge in [0, 0.05) is 74.8 Å². The summed E-state index contributed by atoms with van der Waals surface area (Å²) in [5.74, 6) is -2.66. The maximum Gasteiger partial charge on any atom is 0.285 e. The molecule has 0 radical (unpaired) electrons. The van der Waals surface area contributed by atoms with Crippen LogP contribution in [0.2, 0.25) is 0 Å². The van der Waals surface area contributed by atoms with E-state index in [-0.39, 0.29) is 57.5 Å². The third kappa shape index (κ3) is 6.97. The smallest absolute Gasteiger partial charge is 0.285 e. The molecule has 2 aliphatic heterocycles. The number of ketones is 3. The normalized spacial score (nSPS) is 30.3. The highest BCUT2D eigenvalue weighted by atomic mass is 16.2. The van der Waals surface area contributed by atoms with Crippen LogP contribution in [0, 0.1) is 44.8 Å². The van der Waals surface area contributed by atoms with E-state index in [1.54, 1.807) is 0 Å². The number of fused-ring (bicyclic) bond motifs is 1. The molecule has 4 atom stereocenters. The largest absolute Gasteiger partial charge is 0.363 e. The molecule has 4 saturated carbocycles. The number of Topliss-reactive ketones (excluding diaryl/α,β-unsaturated/α-hetero) is 3. The lowest BCUT2D eigenvalue weighted by Gasteiger charge is -2.49. The molecule has 6 fully saturated rings. The van der Waals surface area contributed by atoms with Crippen molar-refractivity contribution in [3.8, 4) is 0 Å². The van der Waals surface area contributed by atoms with Crippen LogP contribution in [-0.4, -0.2) is 83.3 Å². The zero-order chi connectivity index (χ0) is 37.9. The number of likely N-dealkylation sites (tertiary alicyclic amines) is 1. The van der Waals surface area contributed by atoms with Crippen molar-refractivity contribution in [1.82, 2.24) is 15.1 Å². The number of nitrogens with two attached hydrogens (primary N) is 1. The maximum atomic E-state index is 15.1. The fourth-order valence-electron chi connectivity index (χ4n) is 12.2. The van der Waals surface area contributed by atoms with Crippen LogP contribution in [0.4, 0.5) is 0 Å². The number of hydrogen-bond donors (Lipinski definition) is 2. The molecule has 0 bridgehead atoms. The third-order valence-corrected chi connectivity index (χ3v) is 16.1. The minimum absolute atomic E-state index is 0.00164. The molecule has 9 heteroatoms. The van der Waals surface area contributed by atoms with Gasteiger partial charge < -0.3 is 16.0 Å². The van der Waals surface area contributed by atoms with Gasteiger partial charge in [0.15, 0.2) is 5.78 Å². The molecule has 2 spiro atoms. The lowest BCUT2D eigenvalue weighted by atomic mass is 9.68. The summed E-state index contributed by atoms with van der Waals surface area (Å²) in [6, 6.07) is -0.657. The molecule has 6 aliphatic rings. The number of rotatable bonds is 14. The summed E-state index contributed by atoms with van der Waals surface area (Å²) in [6.45, 7) is 19.7. The highest BCUT2D eigenvalue weighted by Gasteiger charge is 2.85. The zero-order valence-electron chi connectivity index (χ0n) is 33.7. The molecule has 3 N–H and O–H groups in total. The molecular formula is C43H70N4O5. The van der Waals surface area contributed by atoms with Crippen molar-refractivity contribution in [3.63, 3.8) is 0 Å². The monoisotopic (exact) mass is 723 g/mol. The lowest BCUT2D eigenvalue weighted by Crippen LogP contribution is -2.60. The first-order valence-electron chi connectivity index (χ1n) is 20.9. The summed E-state index contributed by atoms with van der Waals surface area (Å²) in [7, 11) is 0. The van der Waals surface area contributed by atoms with Crippen molar-refractivity contribution >= 4 is 29.2 Å². The summed E-state index contributed by atoms with van der Waals surface area (Å²) < 4.78 is 0. The van der Waals surface area contributed by atoms with E-state index in [4.69, 9.17) is 5.73 Å². The summed E-state index contributed by atoms with van der Waals surface area (Å²) >= 11 is 0. The van der Waals surface area contributed by atoms with E-state index in [0.29, 0.717) is 31.7 Å². The van der Waals surface area contributed by atoms with Crippen LogP contribution in [0.25, 0.3) is 0 Å². The van der Waals surface area contributed by atoms with Crippen molar-refractivity contribution in [2.75, 3.05) is 32.7 Å². The van der Waals surface area contributed by atoms with Gasteiger partial charge in [-0.05, 0) is 80.0 Å². The van der Waals surface area contributed by atoms with E-state index < -0.39 is 35.0 Å². The lowest BCUT2D eigenvalue weighted by molar-refractivity contribution is -0.147. The standard InChI is InChI=1S/C43H70N4O5/c1-38(2,3)32(23-31(48)24-41(15-9-8-10-16-41)27-46-20-19-45-26-39(46,4)5)37(52)47-28-43(40(6,7)42(43)17-12-18-42)25-33(47)34(49)22-30(35(50)36(44)51)21-29-13-11-14-29/h29-30,32-33,45H,8-28H2,1-7H3,(H2,44,51)/t30?,32-,33+,43-/m1/s1. The van der Waals surface area contributed by atoms with E-state index in [2.05, 4.69) is 58.7 Å². The molecule has 52 heavy (non-hydrogen) atoms. The number of amides is 2. The SMILES string of the molecule is CC(C)(C)[C@H](CC(=O)CC1(CN2CCNCC2(C)C)CCCCC1)C(=O)N1C[C@]2(C[C@H]1C(=O)CC(CC1CCC1)C(=O)C(N)=O)C(C)(C)C21CCC1. The van der Waals surface area contributed by atoms with Crippen molar-refractivity contribution in [1.29, 1.82) is 0 Å². The minimum atomic E-state index is -0.979. The first kappa shape index (κ1) is 39.6. The predicted octanol–water partition coefficient (Wildman–Crippen LogP) is 6.25. The molecule has 1 unspecified atom stereocenters. The Kier molecular flexibility index (Phi) is 10.8. The number of hydrogen-bond acceptors (Lipinski definition) is 7. The van der Waals surface area contributed by atoms with Crippen LogP contribution in [0.1, 0.15) is 151 Å².